The lowest BCUT2D eigenvalue weighted by Crippen LogP contribution is -2.40. The summed E-state index contributed by atoms with van der Waals surface area (Å²) in [6, 6.07) is 0.870. The third-order valence-electron chi connectivity index (χ3n) is 3.59. The number of fused-ring (bicyclic) bond motifs is 1. The van der Waals surface area contributed by atoms with E-state index in [9.17, 15) is 0 Å². The maximum Gasteiger partial charge on any atom is 0.0223 e. The fourth-order valence-corrected chi connectivity index (χ4v) is 3.10. The summed E-state index contributed by atoms with van der Waals surface area (Å²) in [4.78, 5) is 5.40. The van der Waals surface area contributed by atoms with Crippen molar-refractivity contribution in [1.29, 1.82) is 0 Å². The molecule has 0 radical (unpaired) electrons. The Labute approximate surface area is 94.6 Å². The fourth-order valence-electron chi connectivity index (χ4n) is 3.10. The van der Waals surface area contributed by atoms with Gasteiger partial charge in [0.25, 0.3) is 0 Å². The first-order chi connectivity index (χ1) is 7.04. The van der Waals surface area contributed by atoms with Crippen molar-refractivity contribution in [1.82, 2.24) is 9.80 Å². The lowest BCUT2D eigenvalue weighted by molar-refractivity contribution is 0.172. The van der Waals surface area contributed by atoms with E-state index in [1.54, 1.807) is 0 Å². The van der Waals surface area contributed by atoms with Crippen molar-refractivity contribution in [3.63, 3.8) is 0 Å². The summed E-state index contributed by atoms with van der Waals surface area (Å²) in [7, 11) is 0. The second kappa shape index (κ2) is 4.42. The molecule has 2 aliphatic rings. The van der Waals surface area contributed by atoms with E-state index in [0.717, 1.165) is 6.04 Å². The monoisotopic (exact) mass is 210 g/mol. The maximum absolute atomic E-state index is 2.71. The molecule has 2 nitrogen and oxygen atoms in total. The Hall–Kier alpha value is -0.0800. The molecule has 0 aliphatic carbocycles. The van der Waals surface area contributed by atoms with Crippen LogP contribution in [0.4, 0.5) is 0 Å². The van der Waals surface area contributed by atoms with E-state index in [-0.39, 0.29) is 0 Å². The number of rotatable bonds is 1. The zero-order valence-corrected chi connectivity index (χ0v) is 10.6. The quantitative estimate of drug-likeness (QED) is 0.655. The van der Waals surface area contributed by atoms with Gasteiger partial charge in [-0.2, -0.15) is 0 Å². The third kappa shape index (κ3) is 3.18. The van der Waals surface area contributed by atoms with Crippen LogP contribution in [0.5, 0.6) is 0 Å². The van der Waals surface area contributed by atoms with Gasteiger partial charge in [-0.15, -0.1) is 0 Å². The Morgan fingerprint density at radius 3 is 2.53 bits per heavy atom. The summed E-state index contributed by atoms with van der Waals surface area (Å²) < 4.78 is 0. The minimum absolute atomic E-state index is 0.452. The van der Waals surface area contributed by atoms with Gasteiger partial charge in [-0.3, -0.25) is 4.90 Å². The largest absolute Gasteiger partial charge is 0.301 e. The molecule has 2 saturated heterocycles. The number of nitrogens with zero attached hydrogens (tertiary/aromatic N) is 2. The summed E-state index contributed by atoms with van der Waals surface area (Å²) in [6.07, 6.45) is 4.22. The summed E-state index contributed by atoms with van der Waals surface area (Å²) >= 11 is 0. The molecule has 0 bridgehead atoms. The van der Waals surface area contributed by atoms with Crippen LogP contribution in [0.3, 0.4) is 0 Å². The number of hydrogen-bond donors (Lipinski definition) is 0. The predicted molar refractivity (Wildman–Crippen MR) is 65.1 cm³/mol. The van der Waals surface area contributed by atoms with E-state index in [1.165, 1.54) is 52.0 Å². The highest BCUT2D eigenvalue weighted by Crippen LogP contribution is 2.23. The molecule has 2 rings (SSSR count). The summed E-state index contributed by atoms with van der Waals surface area (Å²) in [5.41, 5.74) is 0.452. The molecule has 0 aromatic heterocycles. The fraction of sp³-hybridized carbons (Fsp3) is 1.00. The molecule has 2 aliphatic heterocycles. The first-order valence-corrected chi connectivity index (χ1v) is 6.51. The van der Waals surface area contributed by atoms with E-state index in [4.69, 9.17) is 0 Å². The van der Waals surface area contributed by atoms with Gasteiger partial charge < -0.3 is 4.90 Å². The van der Waals surface area contributed by atoms with Crippen molar-refractivity contribution in [3.8, 4) is 0 Å². The molecule has 2 heteroatoms. The average molecular weight is 210 g/mol. The normalized spacial score (nSPS) is 30.2. The van der Waals surface area contributed by atoms with Gasteiger partial charge in [0, 0.05) is 19.1 Å². The molecular formula is C13H26N2. The van der Waals surface area contributed by atoms with Crippen molar-refractivity contribution in [2.75, 3.05) is 32.7 Å². The molecule has 1 atom stereocenters. The lowest BCUT2D eigenvalue weighted by Gasteiger charge is -2.31. The van der Waals surface area contributed by atoms with Gasteiger partial charge in [-0.1, -0.05) is 20.8 Å². The highest BCUT2D eigenvalue weighted by molar-refractivity contribution is 4.86. The highest BCUT2D eigenvalue weighted by Gasteiger charge is 2.29. The molecule has 0 saturated carbocycles. The molecule has 1 unspecified atom stereocenters. The minimum Gasteiger partial charge on any atom is -0.301 e. The van der Waals surface area contributed by atoms with Gasteiger partial charge in [-0.05, 0) is 44.3 Å². The van der Waals surface area contributed by atoms with Gasteiger partial charge in [0.15, 0.2) is 0 Å². The SMILES string of the molecule is CC(C)(C)CN1CCCN2CCCC2C1. The maximum atomic E-state index is 2.71. The summed E-state index contributed by atoms with van der Waals surface area (Å²) in [5.74, 6) is 0. The average Bonchev–Trinajstić information content (AvgIpc) is 2.43. The predicted octanol–water partition coefficient (Wildman–Crippen LogP) is 2.20. The van der Waals surface area contributed by atoms with E-state index in [1.807, 2.05) is 0 Å². The van der Waals surface area contributed by atoms with Crippen LogP contribution >= 0.6 is 0 Å². The smallest absolute Gasteiger partial charge is 0.0223 e. The van der Waals surface area contributed by atoms with Gasteiger partial charge >= 0.3 is 0 Å². The summed E-state index contributed by atoms with van der Waals surface area (Å²) in [5, 5.41) is 0. The second-order valence-electron chi connectivity index (χ2n) is 6.48. The van der Waals surface area contributed by atoms with Crippen LogP contribution in [-0.2, 0) is 0 Å². The molecule has 0 aromatic rings. The van der Waals surface area contributed by atoms with Crippen molar-refractivity contribution in [3.05, 3.63) is 0 Å². The Kier molecular flexibility index (Phi) is 3.36. The van der Waals surface area contributed by atoms with Crippen LogP contribution in [0.1, 0.15) is 40.0 Å². The standard InChI is InChI=1S/C13H26N2/c1-13(2,3)11-14-7-5-9-15-8-4-6-12(15)10-14/h12H,4-11H2,1-3H3. The van der Waals surface area contributed by atoms with Gasteiger partial charge in [0.05, 0.1) is 0 Å². The Morgan fingerprint density at radius 1 is 1.07 bits per heavy atom. The van der Waals surface area contributed by atoms with Crippen molar-refractivity contribution < 1.29 is 0 Å². The highest BCUT2D eigenvalue weighted by atomic mass is 15.3. The number of hydrogen-bond acceptors (Lipinski definition) is 2. The lowest BCUT2D eigenvalue weighted by atomic mass is 9.96. The molecule has 15 heavy (non-hydrogen) atoms. The molecule has 88 valence electrons. The topological polar surface area (TPSA) is 6.48 Å². The molecule has 0 aromatic carbocycles. The van der Waals surface area contributed by atoms with E-state index < -0.39 is 0 Å². The van der Waals surface area contributed by atoms with Crippen molar-refractivity contribution in [2.45, 2.75) is 46.1 Å². The molecule has 2 heterocycles. The summed E-state index contributed by atoms with van der Waals surface area (Å²) in [6.45, 7) is 13.6. The van der Waals surface area contributed by atoms with Crippen LogP contribution in [0, 0.1) is 5.41 Å². The van der Waals surface area contributed by atoms with E-state index in [2.05, 4.69) is 30.6 Å². The zero-order chi connectivity index (χ0) is 10.9. The van der Waals surface area contributed by atoms with Crippen molar-refractivity contribution in [2.24, 2.45) is 5.41 Å². The Morgan fingerprint density at radius 2 is 1.80 bits per heavy atom. The van der Waals surface area contributed by atoms with E-state index in [0.29, 0.717) is 5.41 Å². The Balaban J connectivity index is 1.91. The molecule has 0 amide bonds. The van der Waals surface area contributed by atoms with Crippen LogP contribution in [0.25, 0.3) is 0 Å². The minimum atomic E-state index is 0.452. The van der Waals surface area contributed by atoms with Gasteiger partial charge in [-0.25, -0.2) is 0 Å². The first-order valence-electron chi connectivity index (χ1n) is 6.51. The van der Waals surface area contributed by atoms with Crippen molar-refractivity contribution >= 4 is 0 Å². The zero-order valence-electron chi connectivity index (χ0n) is 10.6. The molecular weight excluding hydrogens is 184 g/mol. The van der Waals surface area contributed by atoms with E-state index >= 15 is 0 Å². The molecule has 0 spiro atoms. The van der Waals surface area contributed by atoms with Crippen LogP contribution in [0.2, 0.25) is 0 Å². The van der Waals surface area contributed by atoms with Crippen LogP contribution in [-0.4, -0.2) is 48.6 Å². The Bertz CT molecular complexity index is 207. The molecule has 2 fully saturated rings. The van der Waals surface area contributed by atoms with Crippen LogP contribution in [0.15, 0.2) is 0 Å². The van der Waals surface area contributed by atoms with Gasteiger partial charge in [0.2, 0.25) is 0 Å². The van der Waals surface area contributed by atoms with Crippen LogP contribution < -0.4 is 0 Å². The third-order valence-corrected chi connectivity index (χ3v) is 3.59. The second-order valence-corrected chi connectivity index (χ2v) is 6.48. The van der Waals surface area contributed by atoms with Gasteiger partial charge in [0.1, 0.15) is 0 Å². The molecule has 0 N–H and O–H groups in total. The first kappa shape index (κ1) is 11.4.